The number of carbonyl (C=O) groups is 1. The number of amides is 1. The summed E-state index contributed by atoms with van der Waals surface area (Å²) >= 11 is 1.29. The van der Waals surface area contributed by atoms with Gasteiger partial charge in [-0.05, 0) is 18.6 Å². The van der Waals surface area contributed by atoms with Crippen LogP contribution in [0.4, 0.5) is 0 Å². The summed E-state index contributed by atoms with van der Waals surface area (Å²) in [6.07, 6.45) is 8.63. The van der Waals surface area contributed by atoms with Crippen LogP contribution >= 0.6 is 11.3 Å². The van der Waals surface area contributed by atoms with Crippen LogP contribution in [0.2, 0.25) is 0 Å². The third-order valence-electron chi connectivity index (χ3n) is 3.94. The lowest BCUT2D eigenvalue weighted by molar-refractivity contribution is 0.0954. The molecule has 4 aromatic rings. The molecule has 4 heterocycles. The number of hydrogen-bond acceptors (Lipinski definition) is 8. The molecule has 10 heteroatoms. The van der Waals surface area contributed by atoms with Gasteiger partial charge in [-0.25, -0.2) is 29.6 Å². The lowest BCUT2D eigenvalue weighted by Gasteiger charge is -2.09. The van der Waals surface area contributed by atoms with Gasteiger partial charge in [-0.2, -0.15) is 5.10 Å². The van der Waals surface area contributed by atoms with Gasteiger partial charge in [-0.1, -0.05) is 13.0 Å². The van der Waals surface area contributed by atoms with Gasteiger partial charge >= 0.3 is 0 Å². The Morgan fingerprint density at radius 3 is 2.75 bits per heavy atom. The lowest BCUT2D eigenvalue weighted by Crippen LogP contribution is -2.24. The summed E-state index contributed by atoms with van der Waals surface area (Å²) in [4.78, 5) is 34.6. The van der Waals surface area contributed by atoms with E-state index in [-0.39, 0.29) is 5.91 Å². The third-order valence-corrected chi connectivity index (χ3v) is 5.03. The number of aryl methyl sites for hydroxylation is 1. The van der Waals surface area contributed by atoms with Crippen molar-refractivity contribution >= 4 is 17.2 Å². The molecule has 1 N–H and O–H groups in total. The quantitative estimate of drug-likeness (QED) is 0.534. The van der Waals surface area contributed by atoms with Crippen molar-refractivity contribution < 1.29 is 4.79 Å². The number of aromatic nitrogens is 7. The zero-order chi connectivity index (χ0) is 19.3. The zero-order valence-corrected chi connectivity index (χ0v) is 15.8. The molecule has 0 unspecified atom stereocenters. The average molecular weight is 392 g/mol. The van der Waals surface area contributed by atoms with Crippen LogP contribution in [0.3, 0.4) is 0 Å². The first-order valence-corrected chi connectivity index (χ1v) is 9.42. The van der Waals surface area contributed by atoms with E-state index in [1.165, 1.54) is 17.7 Å². The maximum Gasteiger partial charge on any atom is 0.263 e. The van der Waals surface area contributed by atoms with Crippen molar-refractivity contribution in [2.75, 3.05) is 0 Å². The van der Waals surface area contributed by atoms with Gasteiger partial charge < -0.3 is 5.32 Å². The molecule has 9 nitrogen and oxygen atoms in total. The Hall–Kier alpha value is -3.53. The molecule has 4 rings (SSSR count). The van der Waals surface area contributed by atoms with Crippen LogP contribution in [0, 0.1) is 0 Å². The van der Waals surface area contributed by atoms with Crippen molar-refractivity contribution in [2.24, 2.45) is 0 Å². The van der Waals surface area contributed by atoms with Gasteiger partial charge in [0.2, 0.25) is 0 Å². The molecule has 0 fully saturated rings. The van der Waals surface area contributed by atoms with Gasteiger partial charge in [-0.15, -0.1) is 11.3 Å². The number of nitrogens with zero attached hydrogens (tertiary/aromatic N) is 7. The van der Waals surface area contributed by atoms with Gasteiger partial charge in [0, 0.05) is 30.7 Å². The molecule has 4 aromatic heterocycles. The Morgan fingerprint density at radius 2 is 2.00 bits per heavy atom. The average Bonchev–Trinajstić information content (AvgIpc) is 3.43. The Bertz CT molecular complexity index is 1080. The van der Waals surface area contributed by atoms with Crippen LogP contribution in [0.25, 0.3) is 16.6 Å². The molecule has 140 valence electrons. The SMILES string of the molecule is CCc1nc(-c2ncccn2)sc1C(=O)NCc1cccnc1-n1cncn1. The number of hydrogen-bond donors (Lipinski definition) is 1. The zero-order valence-electron chi connectivity index (χ0n) is 15.0. The van der Waals surface area contributed by atoms with Crippen molar-refractivity contribution in [1.82, 2.24) is 40.0 Å². The van der Waals surface area contributed by atoms with E-state index in [1.807, 2.05) is 19.1 Å². The fourth-order valence-electron chi connectivity index (χ4n) is 2.62. The fourth-order valence-corrected chi connectivity index (χ4v) is 3.64. The third kappa shape index (κ3) is 3.62. The highest BCUT2D eigenvalue weighted by molar-refractivity contribution is 7.17. The fraction of sp³-hybridized carbons (Fsp3) is 0.167. The monoisotopic (exact) mass is 392 g/mol. The van der Waals surface area contributed by atoms with Gasteiger partial charge in [0.15, 0.2) is 16.6 Å². The van der Waals surface area contributed by atoms with E-state index in [0.717, 1.165) is 11.3 Å². The summed E-state index contributed by atoms with van der Waals surface area (Å²) in [7, 11) is 0. The van der Waals surface area contributed by atoms with Crippen LogP contribution in [-0.2, 0) is 13.0 Å². The standard InChI is InChI=1S/C18H16N8OS/c1-2-13-14(28-18(25-13)15-20-7-4-8-21-15)17(27)23-9-12-5-3-6-22-16(12)26-11-19-10-24-26/h3-8,10-11H,2,9H2,1H3,(H,23,27). The van der Waals surface area contributed by atoms with Crippen LogP contribution in [0.5, 0.6) is 0 Å². The maximum atomic E-state index is 12.8. The largest absolute Gasteiger partial charge is 0.347 e. The van der Waals surface area contributed by atoms with Gasteiger partial charge in [-0.3, -0.25) is 4.79 Å². The van der Waals surface area contributed by atoms with E-state index in [1.54, 1.807) is 35.7 Å². The molecule has 0 radical (unpaired) electrons. The van der Waals surface area contributed by atoms with E-state index >= 15 is 0 Å². The molecule has 0 saturated carbocycles. The minimum Gasteiger partial charge on any atom is -0.347 e. The Labute approximate surface area is 164 Å². The van der Waals surface area contributed by atoms with Crippen molar-refractivity contribution in [3.05, 3.63) is 65.6 Å². The van der Waals surface area contributed by atoms with Crippen molar-refractivity contribution in [2.45, 2.75) is 19.9 Å². The minimum atomic E-state index is -0.190. The van der Waals surface area contributed by atoms with Gasteiger partial charge in [0.25, 0.3) is 5.91 Å². The molecule has 1 amide bonds. The lowest BCUT2D eigenvalue weighted by atomic mass is 10.2. The van der Waals surface area contributed by atoms with E-state index in [9.17, 15) is 4.79 Å². The molecule has 0 atom stereocenters. The topological polar surface area (TPSA) is 111 Å². The van der Waals surface area contributed by atoms with Gasteiger partial charge in [0.1, 0.15) is 17.5 Å². The molecule has 0 aromatic carbocycles. The molecule has 0 aliphatic carbocycles. The first-order valence-electron chi connectivity index (χ1n) is 8.60. The summed E-state index contributed by atoms with van der Waals surface area (Å²) < 4.78 is 1.57. The first-order chi connectivity index (χ1) is 13.8. The molecule has 0 saturated heterocycles. The highest BCUT2D eigenvalue weighted by atomic mass is 32.1. The normalized spacial score (nSPS) is 10.8. The predicted octanol–water partition coefficient (Wildman–Crippen LogP) is 2.07. The van der Waals surface area contributed by atoms with E-state index in [0.29, 0.717) is 34.5 Å². The second-order valence-corrected chi connectivity index (χ2v) is 6.73. The Morgan fingerprint density at radius 1 is 1.18 bits per heavy atom. The summed E-state index contributed by atoms with van der Waals surface area (Å²) in [6, 6.07) is 5.45. The summed E-state index contributed by atoms with van der Waals surface area (Å²) in [5, 5.41) is 7.68. The van der Waals surface area contributed by atoms with Crippen molar-refractivity contribution in [3.8, 4) is 16.6 Å². The summed E-state index contributed by atoms with van der Waals surface area (Å²) in [6.45, 7) is 2.27. The molecule has 0 bridgehead atoms. The summed E-state index contributed by atoms with van der Waals surface area (Å²) in [5.41, 5.74) is 1.56. The van der Waals surface area contributed by atoms with Crippen LogP contribution in [0.1, 0.15) is 27.9 Å². The Balaban J connectivity index is 1.55. The molecular weight excluding hydrogens is 376 g/mol. The Kier molecular flexibility index (Phi) is 5.11. The first kappa shape index (κ1) is 17.9. The molecule has 28 heavy (non-hydrogen) atoms. The number of pyridine rings is 1. The molecule has 0 spiro atoms. The predicted molar refractivity (Wildman–Crippen MR) is 103 cm³/mol. The molecule has 0 aliphatic heterocycles. The number of nitrogens with one attached hydrogen (secondary N) is 1. The smallest absolute Gasteiger partial charge is 0.263 e. The molecule has 0 aliphatic rings. The minimum absolute atomic E-state index is 0.190. The van der Waals surface area contributed by atoms with Crippen molar-refractivity contribution in [3.63, 3.8) is 0 Å². The van der Waals surface area contributed by atoms with Crippen LogP contribution in [0.15, 0.2) is 49.4 Å². The van der Waals surface area contributed by atoms with Crippen LogP contribution < -0.4 is 5.32 Å². The molecular formula is C18H16N8OS. The number of thiazole rings is 1. The maximum absolute atomic E-state index is 12.8. The number of rotatable bonds is 6. The van der Waals surface area contributed by atoms with E-state index in [2.05, 4.69) is 35.3 Å². The second-order valence-electron chi connectivity index (χ2n) is 5.73. The van der Waals surface area contributed by atoms with Gasteiger partial charge in [0.05, 0.1) is 5.69 Å². The highest BCUT2D eigenvalue weighted by Gasteiger charge is 2.19. The number of carbonyl (C=O) groups excluding carboxylic acids is 1. The highest BCUT2D eigenvalue weighted by Crippen LogP contribution is 2.26. The van der Waals surface area contributed by atoms with Crippen LogP contribution in [-0.4, -0.2) is 40.6 Å². The van der Waals surface area contributed by atoms with Crippen molar-refractivity contribution in [1.29, 1.82) is 0 Å². The second kappa shape index (κ2) is 8.01. The van der Waals surface area contributed by atoms with E-state index in [4.69, 9.17) is 0 Å². The summed E-state index contributed by atoms with van der Waals surface area (Å²) in [5.74, 6) is 0.950. The van der Waals surface area contributed by atoms with E-state index < -0.39 is 0 Å².